The van der Waals surface area contributed by atoms with Gasteiger partial charge in [0.25, 0.3) is 5.91 Å². The fraction of sp³-hybridized carbons (Fsp3) is 0.435. The number of carbonyl (C=O) groups excluding carboxylic acids is 1. The van der Waals surface area contributed by atoms with E-state index in [1.807, 2.05) is 48.5 Å². The summed E-state index contributed by atoms with van der Waals surface area (Å²) in [4.78, 5) is 12.8. The van der Waals surface area contributed by atoms with Crippen molar-refractivity contribution < 1.29 is 14.3 Å². The van der Waals surface area contributed by atoms with Crippen molar-refractivity contribution in [2.24, 2.45) is 5.92 Å². The molecule has 1 amide bonds. The smallest absolute Gasteiger partial charge is 0.255 e. The van der Waals surface area contributed by atoms with Gasteiger partial charge in [-0.1, -0.05) is 44.2 Å². The van der Waals surface area contributed by atoms with Gasteiger partial charge in [0.1, 0.15) is 12.4 Å². The summed E-state index contributed by atoms with van der Waals surface area (Å²) < 4.78 is 11.5. The van der Waals surface area contributed by atoms with Crippen LogP contribution in [0.2, 0.25) is 0 Å². The topological polar surface area (TPSA) is 59.6 Å². The van der Waals surface area contributed by atoms with Crippen molar-refractivity contribution in [2.75, 3.05) is 25.1 Å². The van der Waals surface area contributed by atoms with Gasteiger partial charge in [-0.2, -0.15) is 0 Å². The van der Waals surface area contributed by atoms with E-state index in [0.717, 1.165) is 25.1 Å². The minimum atomic E-state index is -0.122. The Morgan fingerprint density at radius 2 is 1.89 bits per heavy atom. The van der Waals surface area contributed by atoms with Gasteiger partial charge in [-0.25, -0.2) is 0 Å². The van der Waals surface area contributed by atoms with Gasteiger partial charge < -0.3 is 20.1 Å². The van der Waals surface area contributed by atoms with E-state index in [0.29, 0.717) is 30.4 Å². The lowest BCUT2D eigenvalue weighted by molar-refractivity contribution is 0.0670. The number of para-hydroxylation sites is 2. The van der Waals surface area contributed by atoms with Crippen molar-refractivity contribution in [3.8, 4) is 5.75 Å². The molecule has 0 spiro atoms. The van der Waals surface area contributed by atoms with Gasteiger partial charge in [-0.3, -0.25) is 4.79 Å². The summed E-state index contributed by atoms with van der Waals surface area (Å²) in [5.74, 6) is 0.850. The third-order valence-electron chi connectivity index (χ3n) is 4.99. The number of hydrogen-bond acceptors (Lipinski definition) is 4. The summed E-state index contributed by atoms with van der Waals surface area (Å²) in [5, 5.41) is 6.56. The molecule has 0 aromatic heterocycles. The number of ether oxygens (including phenoxy) is 2. The van der Waals surface area contributed by atoms with Crippen LogP contribution in [0.1, 0.15) is 37.0 Å². The summed E-state index contributed by atoms with van der Waals surface area (Å²) in [6, 6.07) is 17.6. The number of hydrogen-bond donors (Lipinski definition) is 2. The molecule has 2 aromatic rings. The van der Waals surface area contributed by atoms with Crippen LogP contribution in [0.3, 0.4) is 0 Å². The van der Waals surface area contributed by atoms with Crippen molar-refractivity contribution >= 4 is 11.6 Å². The average molecular weight is 383 g/mol. The summed E-state index contributed by atoms with van der Waals surface area (Å²) in [7, 11) is 0. The molecule has 1 aliphatic rings. The van der Waals surface area contributed by atoms with E-state index in [4.69, 9.17) is 9.47 Å². The molecule has 0 radical (unpaired) electrons. The van der Waals surface area contributed by atoms with Crippen molar-refractivity contribution in [3.05, 3.63) is 60.2 Å². The molecule has 1 fully saturated rings. The zero-order valence-corrected chi connectivity index (χ0v) is 16.7. The van der Waals surface area contributed by atoms with Gasteiger partial charge in [0.15, 0.2) is 0 Å². The molecule has 28 heavy (non-hydrogen) atoms. The quantitative estimate of drug-likeness (QED) is 0.685. The molecular formula is C23H30N2O3. The Morgan fingerprint density at radius 3 is 2.61 bits per heavy atom. The number of rotatable bonds is 9. The lowest BCUT2D eigenvalue weighted by atomic mass is 10.0. The number of anilines is 1. The third-order valence-corrected chi connectivity index (χ3v) is 4.99. The first-order chi connectivity index (χ1) is 13.6. The standard InChI is InChI=1S/C23H30N2O3/c1-17(2)21(25-18-9-4-3-5-10-18)15-24-23(26)20-12-6-7-13-22(20)28-16-19-11-8-14-27-19/h3-7,9-10,12-13,17,19,21,25H,8,11,14-16H2,1-2H3,(H,24,26). The number of benzene rings is 2. The Bertz CT molecular complexity index is 743. The first-order valence-electron chi connectivity index (χ1n) is 10.1. The van der Waals surface area contributed by atoms with Gasteiger partial charge in [-0.15, -0.1) is 0 Å². The van der Waals surface area contributed by atoms with E-state index in [1.54, 1.807) is 6.07 Å². The van der Waals surface area contributed by atoms with Gasteiger partial charge >= 0.3 is 0 Å². The lowest BCUT2D eigenvalue weighted by Gasteiger charge is -2.24. The molecule has 0 aliphatic carbocycles. The minimum absolute atomic E-state index is 0.122. The monoisotopic (exact) mass is 382 g/mol. The van der Waals surface area contributed by atoms with Crippen molar-refractivity contribution in [1.29, 1.82) is 0 Å². The minimum Gasteiger partial charge on any atom is -0.490 e. The second-order valence-corrected chi connectivity index (χ2v) is 7.51. The molecular weight excluding hydrogens is 352 g/mol. The number of nitrogens with one attached hydrogen (secondary N) is 2. The maximum Gasteiger partial charge on any atom is 0.255 e. The zero-order valence-electron chi connectivity index (χ0n) is 16.7. The van der Waals surface area contributed by atoms with Crippen LogP contribution in [-0.2, 0) is 4.74 Å². The predicted octanol–water partition coefficient (Wildman–Crippen LogP) is 4.11. The number of carbonyl (C=O) groups is 1. The molecule has 5 heteroatoms. The number of amides is 1. The first kappa shape index (κ1) is 20.2. The molecule has 2 aromatic carbocycles. The van der Waals surface area contributed by atoms with E-state index in [-0.39, 0.29) is 18.1 Å². The summed E-state index contributed by atoms with van der Waals surface area (Å²) in [5.41, 5.74) is 1.61. The Balaban J connectivity index is 1.58. The maximum atomic E-state index is 12.8. The summed E-state index contributed by atoms with van der Waals surface area (Å²) >= 11 is 0. The molecule has 2 unspecified atom stereocenters. The van der Waals surface area contributed by atoms with Crippen molar-refractivity contribution in [1.82, 2.24) is 5.32 Å². The highest BCUT2D eigenvalue weighted by molar-refractivity contribution is 5.96. The highest BCUT2D eigenvalue weighted by Gasteiger charge is 2.19. The highest BCUT2D eigenvalue weighted by Crippen LogP contribution is 2.20. The van der Waals surface area contributed by atoms with Crippen LogP contribution in [0, 0.1) is 5.92 Å². The van der Waals surface area contributed by atoms with E-state index in [2.05, 4.69) is 24.5 Å². The second kappa shape index (κ2) is 10.1. The molecule has 5 nitrogen and oxygen atoms in total. The Labute approximate surface area is 167 Å². The normalized spacial score (nSPS) is 17.3. The van der Waals surface area contributed by atoms with Crippen LogP contribution in [0.4, 0.5) is 5.69 Å². The Kier molecular flexibility index (Phi) is 7.31. The Hall–Kier alpha value is -2.53. The fourth-order valence-corrected chi connectivity index (χ4v) is 3.24. The molecule has 3 rings (SSSR count). The summed E-state index contributed by atoms with van der Waals surface area (Å²) in [6.07, 6.45) is 2.20. The van der Waals surface area contributed by atoms with E-state index in [9.17, 15) is 4.79 Å². The van der Waals surface area contributed by atoms with Gasteiger partial charge in [0.05, 0.1) is 11.7 Å². The van der Waals surface area contributed by atoms with Crippen LogP contribution in [-0.4, -0.2) is 37.8 Å². The van der Waals surface area contributed by atoms with E-state index in [1.165, 1.54) is 0 Å². The van der Waals surface area contributed by atoms with Crippen LogP contribution in [0.5, 0.6) is 5.75 Å². The van der Waals surface area contributed by atoms with Crippen molar-refractivity contribution in [2.45, 2.75) is 38.8 Å². The van der Waals surface area contributed by atoms with Crippen LogP contribution < -0.4 is 15.4 Å². The largest absolute Gasteiger partial charge is 0.490 e. The SMILES string of the molecule is CC(C)C(CNC(=O)c1ccccc1OCC1CCCO1)Nc1ccccc1. The highest BCUT2D eigenvalue weighted by atomic mass is 16.5. The van der Waals surface area contributed by atoms with Crippen LogP contribution in [0.25, 0.3) is 0 Å². The third kappa shape index (κ3) is 5.73. The van der Waals surface area contributed by atoms with Crippen LogP contribution in [0.15, 0.2) is 54.6 Å². The van der Waals surface area contributed by atoms with Crippen molar-refractivity contribution in [3.63, 3.8) is 0 Å². The van der Waals surface area contributed by atoms with Gasteiger partial charge in [0, 0.05) is 24.9 Å². The molecule has 2 atom stereocenters. The molecule has 1 aliphatic heterocycles. The Morgan fingerprint density at radius 1 is 1.14 bits per heavy atom. The molecule has 0 saturated carbocycles. The second-order valence-electron chi connectivity index (χ2n) is 7.51. The zero-order chi connectivity index (χ0) is 19.8. The van der Waals surface area contributed by atoms with Gasteiger partial charge in [-0.05, 0) is 43.0 Å². The predicted molar refractivity (Wildman–Crippen MR) is 112 cm³/mol. The molecule has 0 bridgehead atoms. The molecule has 1 heterocycles. The van der Waals surface area contributed by atoms with Crippen LogP contribution >= 0.6 is 0 Å². The molecule has 150 valence electrons. The van der Waals surface area contributed by atoms with Gasteiger partial charge in [0.2, 0.25) is 0 Å². The average Bonchev–Trinajstić information content (AvgIpc) is 3.24. The lowest BCUT2D eigenvalue weighted by Crippen LogP contribution is -2.39. The summed E-state index contributed by atoms with van der Waals surface area (Å²) in [6.45, 7) is 6.10. The first-order valence-corrected chi connectivity index (χ1v) is 10.1. The van der Waals surface area contributed by atoms with E-state index >= 15 is 0 Å². The molecule has 2 N–H and O–H groups in total. The molecule has 1 saturated heterocycles. The maximum absolute atomic E-state index is 12.8. The fourth-order valence-electron chi connectivity index (χ4n) is 3.24. The van der Waals surface area contributed by atoms with E-state index < -0.39 is 0 Å².